The van der Waals surface area contributed by atoms with Gasteiger partial charge in [0.15, 0.2) is 35.4 Å². The number of hydrogen-bond acceptors (Lipinski definition) is 16. The molecular formula is C21H23FN8O11P2S2. The number of anilines is 1. The standard InChI is InChI=1S/C21H23FN8O11P2S2/c22-7-1-29(17-10(7)19(33)27-5-25-17)21-15-12(31)8(38-21)2-36-42(34,44)40-14-9(3-37-43(35,45)41-15)39-20(13(14)32)30-6-28-11-16(23)24-4-26-18(11)30/h1,4-6,8-9,12-15,20-21,31-32H,2-3H2,(H,34,44)(H,35,45)(H2,23,24,26)(H,25,27,33)/t8-,9-,12-,13-,14-,15-,20-,21-,42?,43?/m1/s1. The number of imidazole rings is 1. The van der Waals surface area contributed by atoms with Crippen molar-refractivity contribution in [2.45, 2.75) is 49.1 Å². The van der Waals surface area contributed by atoms with Crippen molar-refractivity contribution in [3.63, 3.8) is 0 Å². The Morgan fingerprint density at radius 3 is 2.58 bits per heavy atom. The molecule has 3 aliphatic heterocycles. The Labute approximate surface area is 260 Å². The Bertz CT molecular complexity index is 1950. The van der Waals surface area contributed by atoms with Gasteiger partial charge in [0.25, 0.3) is 5.56 Å². The molecule has 0 saturated carbocycles. The van der Waals surface area contributed by atoms with Gasteiger partial charge in [0.05, 0.1) is 25.9 Å². The molecule has 3 fully saturated rings. The van der Waals surface area contributed by atoms with Crippen molar-refractivity contribution in [1.82, 2.24) is 34.1 Å². The Kier molecular flexibility index (Phi) is 7.88. The molecule has 24 heteroatoms. The number of aliphatic hydroxyl groups is 2. The van der Waals surface area contributed by atoms with Crippen molar-refractivity contribution >= 4 is 65.6 Å². The van der Waals surface area contributed by atoms with E-state index < -0.39 is 92.6 Å². The van der Waals surface area contributed by atoms with Gasteiger partial charge in [-0.05, 0) is 11.8 Å². The molecule has 7 heterocycles. The number of nitrogens with zero attached hydrogens (tertiary/aromatic N) is 6. The van der Waals surface area contributed by atoms with Crippen molar-refractivity contribution in [1.29, 1.82) is 0 Å². The number of nitrogens with two attached hydrogens (primary N) is 1. The number of nitrogen functional groups attached to an aromatic ring is 1. The number of nitrogens with one attached hydrogen (secondary N) is 1. The summed E-state index contributed by atoms with van der Waals surface area (Å²) < 4.78 is 64.7. The summed E-state index contributed by atoms with van der Waals surface area (Å²) in [6, 6.07) is 0. The Hall–Kier alpha value is -2.43. The zero-order valence-electron chi connectivity index (χ0n) is 22.3. The van der Waals surface area contributed by atoms with Crippen LogP contribution in [0.15, 0.2) is 30.0 Å². The van der Waals surface area contributed by atoms with Gasteiger partial charge in [0, 0.05) is 6.20 Å². The lowest BCUT2D eigenvalue weighted by atomic mass is 10.1. The summed E-state index contributed by atoms with van der Waals surface area (Å²) >= 11 is 9.25. The van der Waals surface area contributed by atoms with E-state index in [9.17, 15) is 28.9 Å². The van der Waals surface area contributed by atoms with Crippen LogP contribution in [0.25, 0.3) is 22.2 Å². The maximum Gasteiger partial charge on any atom is 0.386 e. The summed E-state index contributed by atoms with van der Waals surface area (Å²) in [4.78, 5) is 41.7. The van der Waals surface area contributed by atoms with Gasteiger partial charge in [-0.2, -0.15) is 0 Å². The molecule has 2 unspecified atom stereocenters. The third kappa shape index (κ3) is 5.52. The first-order valence-corrected chi connectivity index (χ1v) is 18.3. The van der Waals surface area contributed by atoms with E-state index in [1.54, 1.807) is 0 Å². The second-order valence-corrected chi connectivity index (χ2v) is 15.8. The average Bonchev–Trinajstić information content (AvgIpc) is 3.71. The molecule has 0 amide bonds. The highest BCUT2D eigenvalue weighted by molar-refractivity contribution is 8.44. The van der Waals surface area contributed by atoms with Gasteiger partial charge in [0.1, 0.15) is 53.9 Å². The second-order valence-electron chi connectivity index (χ2n) is 10.2. The highest BCUT2D eigenvalue weighted by Gasteiger charge is 2.53. The molecule has 3 saturated heterocycles. The number of hydrogen-bond donors (Lipinski definition) is 6. The first-order valence-electron chi connectivity index (χ1n) is 13.0. The maximum atomic E-state index is 14.8. The Balaban J connectivity index is 1.21. The smallest absolute Gasteiger partial charge is 0.386 e. The summed E-state index contributed by atoms with van der Waals surface area (Å²) in [5.74, 6) is -0.870. The molecule has 4 aromatic rings. The first kappa shape index (κ1) is 31.2. The molecule has 0 aromatic carbocycles. The largest absolute Gasteiger partial charge is 0.387 e. The molecule has 6 N–H and O–H groups in total. The number of halogens is 1. The fraction of sp³-hybridized carbons (Fsp3) is 0.476. The molecule has 45 heavy (non-hydrogen) atoms. The fourth-order valence-electron chi connectivity index (χ4n) is 5.41. The number of fused-ring (bicyclic) bond motifs is 5. The van der Waals surface area contributed by atoms with Crippen LogP contribution in [0.4, 0.5) is 10.2 Å². The fourth-order valence-corrected chi connectivity index (χ4v) is 8.31. The Morgan fingerprint density at radius 1 is 1.02 bits per heavy atom. The van der Waals surface area contributed by atoms with Gasteiger partial charge in [-0.3, -0.25) is 22.9 Å². The Morgan fingerprint density at radius 2 is 1.78 bits per heavy atom. The predicted octanol–water partition coefficient (Wildman–Crippen LogP) is -0.126. The molecule has 19 nitrogen and oxygen atoms in total. The van der Waals surface area contributed by atoms with Crippen molar-refractivity contribution in [3.05, 3.63) is 41.3 Å². The lowest BCUT2D eigenvalue weighted by Gasteiger charge is -2.27. The van der Waals surface area contributed by atoms with Crippen LogP contribution in [0.2, 0.25) is 0 Å². The van der Waals surface area contributed by atoms with Crippen molar-refractivity contribution in [3.8, 4) is 0 Å². The van der Waals surface area contributed by atoms with E-state index in [1.807, 2.05) is 0 Å². The number of aliphatic hydroxyl groups excluding tert-OH is 2. The average molecular weight is 709 g/mol. The van der Waals surface area contributed by atoms with E-state index in [0.29, 0.717) is 0 Å². The molecule has 0 radical (unpaired) electrons. The molecular weight excluding hydrogens is 685 g/mol. The van der Waals surface area contributed by atoms with Crippen LogP contribution in [0.3, 0.4) is 0 Å². The third-order valence-corrected chi connectivity index (χ3v) is 10.6. The topological polar surface area (TPSA) is 253 Å². The van der Waals surface area contributed by atoms with E-state index in [1.165, 1.54) is 17.2 Å². The summed E-state index contributed by atoms with van der Waals surface area (Å²) in [6.07, 6.45) is -6.96. The van der Waals surface area contributed by atoms with Crippen molar-refractivity contribution < 1.29 is 51.6 Å². The SMILES string of the molecule is Nc1ncnc2c1ncn2[C@@H]1O[C@@H]2COP(O)(=S)O[C@@H]3[C@H](O)[C@@H](COP(=O)(S)O[C@H]2[C@H]1O)O[C@H]3n1cc(F)c2c(=O)[nH]cnc21. The number of thiol groups is 1. The van der Waals surface area contributed by atoms with Crippen molar-refractivity contribution in [2.24, 2.45) is 0 Å². The highest BCUT2D eigenvalue weighted by atomic mass is 32.7. The predicted molar refractivity (Wildman–Crippen MR) is 155 cm³/mol. The lowest BCUT2D eigenvalue weighted by Crippen LogP contribution is -2.36. The summed E-state index contributed by atoms with van der Waals surface area (Å²) in [7, 11) is 0. The zero-order valence-corrected chi connectivity index (χ0v) is 25.8. The highest BCUT2D eigenvalue weighted by Crippen LogP contribution is 2.58. The normalized spacial score (nSPS) is 37.7. The number of rotatable bonds is 2. The van der Waals surface area contributed by atoms with Gasteiger partial charge < -0.3 is 44.4 Å². The van der Waals surface area contributed by atoms with Crippen LogP contribution in [-0.4, -0.2) is 99.0 Å². The monoisotopic (exact) mass is 708 g/mol. The van der Waals surface area contributed by atoms with Gasteiger partial charge in [-0.1, -0.05) is 12.2 Å². The maximum absolute atomic E-state index is 14.8. The van der Waals surface area contributed by atoms with E-state index in [-0.39, 0.29) is 22.6 Å². The molecule has 0 aliphatic carbocycles. The number of aromatic nitrogens is 7. The van der Waals surface area contributed by atoms with Crippen molar-refractivity contribution in [2.75, 3.05) is 18.9 Å². The van der Waals surface area contributed by atoms with E-state index in [4.69, 9.17) is 45.1 Å². The van der Waals surface area contributed by atoms with Crippen LogP contribution in [-0.2, 0) is 43.9 Å². The molecule has 242 valence electrons. The van der Waals surface area contributed by atoms with Crippen LogP contribution < -0.4 is 11.3 Å². The molecule has 3 aliphatic rings. The number of H-pyrrole nitrogens is 1. The van der Waals surface area contributed by atoms with E-state index >= 15 is 0 Å². The lowest BCUT2D eigenvalue weighted by molar-refractivity contribution is -0.0594. The summed E-state index contributed by atoms with van der Waals surface area (Å²) in [5.41, 5.74) is 5.37. The van der Waals surface area contributed by atoms with Gasteiger partial charge in [-0.15, -0.1) is 0 Å². The zero-order chi connectivity index (χ0) is 31.8. The molecule has 0 spiro atoms. The minimum atomic E-state index is -4.35. The minimum absolute atomic E-state index is 0.0790. The number of aromatic amines is 1. The van der Waals surface area contributed by atoms with E-state index in [2.05, 4.69) is 37.2 Å². The van der Waals surface area contributed by atoms with Crippen LogP contribution in [0.5, 0.6) is 0 Å². The minimum Gasteiger partial charge on any atom is -0.387 e. The van der Waals surface area contributed by atoms with Crippen LogP contribution >= 0.6 is 25.8 Å². The van der Waals surface area contributed by atoms with Gasteiger partial charge in [-0.25, -0.2) is 28.9 Å². The summed E-state index contributed by atoms with van der Waals surface area (Å²) in [6.45, 7) is -9.84. The molecule has 10 atom stereocenters. The summed E-state index contributed by atoms with van der Waals surface area (Å²) in [5, 5.41) is 22.0. The van der Waals surface area contributed by atoms with Gasteiger partial charge in [0.2, 0.25) is 0 Å². The van der Waals surface area contributed by atoms with E-state index in [0.717, 1.165) is 17.1 Å². The van der Waals surface area contributed by atoms with Gasteiger partial charge >= 0.3 is 13.5 Å². The second kappa shape index (κ2) is 11.4. The number of ether oxygens (including phenoxy) is 2. The molecule has 7 rings (SSSR count). The molecule has 4 aromatic heterocycles. The van der Waals surface area contributed by atoms with Crippen LogP contribution in [0, 0.1) is 5.82 Å². The first-order chi connectivity index (χ1) is 21.3. The third-order valence-electron chi connectivity index (χ3n) is 7.44. The molecule has 2 bridgehead atoms. The van der Waals surface area contributed by atoms with Crippen LogP contribution in [0.1, 0.15) is 12.5 Å². The quantitative estimate of drug-likeness (QED) is 0.117.